The fraction of sp³-hybridized carbons (Fsp3) is 0.233. The second-order valence-electron chi connectivity index (χ2n) is 8.57. The van der Waals surface area contributed by atoms with Gasteiger partial charge in [-0.1, -0.05) is 84.8 Å². The minimum absolute atomic E-state index is 0.168. The molecule has 0 fully saturated rings. The van der Waals surface area contributed by atoms with Crippen molar-refractivity contribution in [2.45, 2.75) is 19.2 Å². The Morgan fingerprint density at radius 1 is 0.944 bits per heavy atom. The van der Waals surface area contributed by atoms with Crippen LogP contribution in [0.15, 0.2) is 91.0 Å². The average Bonchev–Trinajstić information content (AvgIpc) is 3.20. The first-order valence-electron chi connectivity index (χ1n) is 11.9. The van der Waals surface area contributed by atoms with Crippen LogP contribution in [0.2, 0.25) is 0 Å². The summed E-state index contributed by atoms with van der Waals surface area (Å²) in [5.41, 5.74) is 3.94. The van der Waals surface area contributed by atoms with Gasteiger partial charge in [-0.3, -0.25) is 4.90 Å². The summed E-state index contributed by atoms with van der Waals surface area (Å²) in [7, 11) is 1.89. The van der Waals surface area contributed by atoms with E-state index in [4.69, 9.17) is 21.0 Å². The molecule has 0 aliphatic heterocycles. The number of aliphatic hydroxyl groups is 1. The normalized spacial score (nSPS) is 11.8. The first kappa shape index (κ1) is 25.2. The van der Waals surface area contributed by atoms with Crippen molar-refractivity contribution in [1.82, 2.24) is 14.7 Å². The Morgan fingerprint density at radius 3 is 2.25 bits per heavy atom. The standard InChI is InChI=1S/C30H31N3O3/c1-3-19-35-23-26(34)21-33(20-24-13-7-4-8-14-24)22-28-29(25-15-9-5-10-16-25)31-32(2)30(28)36-27-17-11-6-12-18-27/h1,4-18,26,34H,19-23H2,2H3. The Kier molecular flexibility index (Phi) is 8.90. The minimum Gasteiger partial charge on any atom is -0.439 e. The van der Waals surface area contributed by atoms with Gasteiger partial charge in [0.15, 0.2) is 0 Å². The highest BCUT2D eigenvalue weighted by Gasteiger charge is 2.23. The van der Waals surface area contributed by atoms with E-state index in [0.717, 1.165) is 28.1 Å². The molecule has 1 N–H and O–H groups in total. The lowest BCUT2D eigenvalue weighted by atomic mass is 10.1. The summed E-state index contributed by atoms with van der Waals surface area (Å²) >= 11 is 0. The van der Waals surface area contributed by atoms with Crippen LogP contribution in [0, 0.1) is 12.3 Å². The first-order chi connectivity index (χ1) is 17.6. The van der Waals surface area contributed by atoms with Gasteiger partial charge in [-0.2, -0.15) is 5.10 Å². The van der Waals surface area contributed by atoms with Gasteiger partial charge in [-0.05, 0) is 17.7 Å². The van der Waals surface area contributed by atoms with E-state index in [-0.39, 0.29) is 13.2 Å². The summed E-state index contributed by atoms with van der Waals surface area (Å²) in [5.74, 6) is 3.84. The highest BCUT2D eigenvalue weighted by molar-refractivity contribution is 5.65. The van der Waals surface area contributed by atoms with Gasteiger partial charge in [0.2, 0.25) is 5.88 Å². The van der Waals surface area contributed by atoms with Gasteiger partial charge in [-0.15, -0.1) is 6.42 Å². The number of hydrogen-bond acceptors (Lipinski definition) is 5. The summed E-state index contributed by atoms with van der Waals surface area (Å²) in [4.78, 5) is 2.18. The van der Waals surface area contributed by atoms with Crippen LogP contribution in [0.25, 0.3) is 11.3 Å². The molecule has 0 saturated heterocycles. The molecule has 0 aliphatic rings. The smallest absolute Gasteiger partial charge is 0.222 e. The van der Waals surface area contributed by atoms with Crippen LogP contribution in [0.5, 0.6) is 11.6 Å². The zero-order valence-electron chi connectivity index (χ0n) is 20.5. The third-order valence-corrected chi connectivity index (χ3v) is 5.69. The molecule has 0 spiro atoms. The van der Waals surface area contributed by atoms with Crippen LogP contribution in [0.3, 0.4) is 0 Å². The fourth-order valence-corrected chi connectivity index (χ4v) is 4.11. The lowest BCUT2D eigenvalue weighted by Crippen LogP contribution is -2.34. The number of ether oxygens (including phenoxy) is 2. The third kappa shape index (κ3) is 6.83. The fourth-order valence-electron chi connectivity index (χ4n) is 4.11. The van der Waals surface area contributed by atoms with Crippen molar-refractivity contribution in [3.63, 3.8) is 0 Å². The van der Waals surface area contributed by atoms with E-state index in [1.807, 2.05) is 85.9 Å². The Morgan fingerprint density at radius 2 is 1.58 bits per heavy atom. The zero-order chi connectivity index (χ0) is 25.2. The number of rotatable bonds is 12. The number of para-hydroxylation sites is 1. The van der Waals surface area contributed by atoms with E-state index in [2.05, 4.69) is 23.0 Å². The number of hydrogen-bond donors (Lipinski definition) is 1. The highest BCUT2D eigenvalue weighted by Crippen LogP contribution is 2.34. The molecule has 1 atom stereocenters. The molecule has 6 heteroatoms. The molecule has 36 heavy (non-hydrogen) atoms. The Bertz CT molecular complexity index is 1250. The van der Waals surface area contributed by atoms with Crippen molar-refractivity contribution < 1.29 is 14.6 Å². The number of terminal acetylenes is 1. The summed E-state index contributed by atoms with van der Waals surface area (Å²) in [6.07, 6.45) is 4.59. The van der Waals surface area contributed by atoms with E-state index in [1.54, 1.807) is 4.68 Å². The van der Waals surface area contributed by atoms with Gasteiger partial charge >= 0.3 is 0 Å². The van der Waals surface area contributed by atoms with Gasteiger partial charge in [-0.25, -0.2) is 4.68 Å². The Labute approximate surface area is 212 Å². The number of benzene rings is 3. The van der Waals surface area contributed by atoms with Crippen LogP contribution >= 0.6 is 0 Å². The molecule has 6 nitrogen and oxygen atoms in total. The number of aromatic nitrogens is 2. The van der Waals surface area contributed by atoms with E-state index >= 15 is 0 Å². The van der Waals surface area contributed by atoms with Gasteiger partial charge in [0.05, 0.1) is 18.3 Å². The second-order valence-corrected chi connectivity index (χ2v) is 8.57. The molecule has 0 radical (unpaired) electrons. The van der Waals surface area contributed by atoms with E-state index in [1.165, 1.54) is 0 Å². The van der Waals surface area contributed by atoms with Crippen molar-refractivity contribution in [2.75, 3.05) is 19.8 Å². The molecule has 1 aromatic heterocycles. The molecule has 3 aromatic carbocycles. The molecule has 0 bridgehead atoms. The first-order valence-corrected chi connectivity index (χ1v) is 11.9. The predicted molar refractivity (Wildman–Crippen MR) is 141 cm³/mol. The van der Waals surface area contributed by atoms with Gasteiger partial charge in [0.25, 0.3) is 0 Å². The molecule has 0 saturated carbocycles. The molecule has 0 amide bonds. The molecular formula is C30H31N3O3. The molecule has 1 heterocycles. The van der Waals surface area contributed by atoms with Gasteiger partial charge in [0.1, 0.15) is 18.1 Å². The molecule has 4 aromatic rings. The van der Waals surface area contributed by atoms with Crippen LogP contribution in [0.4, 0.5) is 0 Å². The quantitative estimate of drug-likeness (QED) is 0.231. The van der Waals surface area contributed by atoms with Gasteiger partial charge in [0, 0.05) is 32.2 Å². The maximum atomic E-state index is 10.7. The molecular weight excluding hydrogens is 450 g/mol. The molecule has 1 unspecified atom stereocenters. The molecule has 0 aliphatic carbocycles. The largest absolute Gasteiger partial charge is 0.439 e. The zero-order valence-corrected chi connectivity index (χ0v) is 20.5. The monoisotopic (exact) mass is 481 g/mol. The van der Waals surface area contributed by atoms with Crippen LogP contribution in [0.1, 0.15) is 11.1 Å². The maximum Gasteiger partial charge on any atom is 0.222 e. The summed E-state index contributed by atoms with van der Waals surface area (Å²) in [6, 6.07) is 30.0. The van der Waals surface area contributed by atoms with Crippen LogP contribution in [-0.2, 0) is 24.9 Å². The lowest BCUT2D eigenvalue weighted by Gasteiger charge is -2.25. The lowest BCUT2D eigenvalue weighted by molar-refractivity contribution is 0.0242. The van der Waals surface area contributed by atoms with Crippen molar-refractivity contribution in [3.8, 4) is 35.2 Å². The SMILES string of the molecule is C#CCOCC(O)CN(Cc1ccccc1)Cc1c(-c2ccccc2)nn(C)c1Oc1ccccc1. The number of nitrogens with zero attached hydrogens (tertiary/aromatic N) is 3. The van der Waals surface area contributed by atoms with E-state index in [9.17, 15) is 5.11 Å². The van der Waals surface area contributed by atoms with Crippen molar-refractivity contribution >= 4 is 0 Å². The average molecular weight is 482 g/mol. The summed E-state index contributed by atoms with van der Waals surface area (Å²) in [5, 5.41) is 15.5. The molecule has 184 valence electrons. The maximum absolute atomic E-state index is 10.7. The van der Waals surface area contributed by atoms with Crippen LogP contribution in [-0.4, -0.2) is 45.6 Å². The van der Waals surface area contributed by atoms with Gasteiger partial charge < -0.3 is 14.6 Å². The number of aliphatic hydroxyl groups excluding tert-OH is 1. The Hall–Kier alpha value is -3.89. The molecule has 4 rings (SSSR count). The highest BCUT2D eigenvalue weighted by atomic mass is 16.5. The van der Waals surface area contributed by atoms with Crippen LogP contribution < -0.4 is 4.74 Å². The summed E-state index contributed by atoms with van der Waals surface area (Å²) in [6.45, 7) is 1.89. The van der Waals surface area contributed by atoms with E-state index < -0.39 is 6.10 Å². The topological polar surface area (TPSA) is 59.8 Å². The second kappa shape index (κ2) is 12.7. The van der Waals surface area contributed by atoms with Crippen molar-refractivity contribution in [2.24, 2.45) is 7.05 Å². The number of aryl methyl sites for hydroxylation is 1. The minimum atomic E-state index is -0.697. The Balaban J connectivity index is 1.68. The van der Waals surface area contributed by atoms with Crippen molar-refractivity contribution in [3.05, 3.63) is 102 Å². The summed E-state index contributed by atoms with van der Waals surface area (Å²) < 4.78 is 13.5. The van der Waals surface area contributed by atoms with Crippen molar-refractivity contribution in [1.29, 1.82) is 0 Å². The predicted octanol–water partition coefficient (Wildman–Crippen LogP) is 4.89. The third-order valence-electron chi connectivity index (χ3n) is 5.69. The van der Waals surface area contributed by atoms with E-state index in [0.29, 0.717) is 25.5 Å².